The molecule has 4 aliphatic rings. The third-order valence-corrected chi connectivity index (χ3v) is 10.2. The Balaban J connectivity index is 1.26. The molecule has 2 saturated carbocycles. The topological polar surface area (TPSA) is 91.2 Å². The zero-order valence-corrected chi connectivity index (χ0v) is 21.5. The van der Waals surface area contributed by atoms with Gasteiger partial charge in [-0.1, -0.05) is 44.1 Å². The van der Waals surface area contributed by atoms with Crippen LogP contribution in [0.25, 0.3) is 5.57 Å². The number of nitrogens with zero attached hydrogens (tertiary/aromatic N) is 1. The lowest BCUT2D eigenvalue weighted by Gasteiger charge is -2.57. The van der Waals surface area contributed by atoms with E-state index in [1.807, 2.05) is 12.4 Å². The summed E-state index contributed by atoms with van der Waals surface area (Å²) in [7, 11) is 0. The Bertz CT molecular complexity index is 989. The van der Waals surface area contributed by atoms with Crippen LogP contribution in [0.3, 0.4) is 0 Å². The van der Waals surface area contributed by atoms with Gasteiger partial charge < -0.3 is 16.2 Å². The van der Waals surface area contributed by atoms with Crippen LogP contribution in [0.4, 0.5) is 0 Å². The van der Waals surface area contributed by atoms with Crippen molar-refractivity contribution in [2.45, 2.75) is 90.2 Å². The minimum atomic E-state index is -0.528. The number of carbonyl (C=O) groups is 1. The van der Waals surface area contributed by atoms with E-state index in [9.17, 15) is 4.79 Å². The van der Waals surface area contributed by atoms with Gasteiger partial charge in [0.15, 0.2) is 0 Å². The number of aromatic nitrogens is 1. The van der Waals surface area contributed by atoms with Crippen molar-refractivity contribution in [3.63, 3.8) is 0 Å². The number of hydrogen-bond donors (Lipinski definition) is 2. The molecule has 1 heterocycles. The van der Waals surface area contributed by atoms with Gasteiger partial charge in [-0.3, -0.25) is 9.78 Å². The number of unbranched alkanes of at least 4 members (excludes halogenated alkanes) is 1. The third-order valence-electron chi connectivity index (χ3n) is 10.2. The fraction of sp³-hybridized carbons (Fsp3) is 0.667. The molecule has 5 nitrogen and oxygen atoms in total. The number of ether oxygens (including phenoxy) is 1. The van der Waals surface area contributed by atoms with Gasteiger partial charge in [-0.2, -0.15) is 0 Å². The number of pyridine rings is 1. The molecule has 0 aliphatic heterocycles. The summed E-state index contributed by atoms with van der Waals surface area (Å²) >= 11 is 0. The van der Waals surface area contributed by atoms with Crippen LogP contribution < -0.4 is 11.5 Å². The number of esters is 1. The van der Waals surface area contributed by atoms with Gasteiger partial charge in [-0.25, -0.2) is 0 Å². The first-order valence-corrected chi connectivity index (χ1v) is 13.8. The summed E-state index contributed by atoms with van der Waals surface area (Å²) in [5.41, 5.74) is 16.5. The standard InChI is InChI=1S/C30H43N3O2/c1-29-14-12-22(35-28(34)27(32)7-3-4-16-31)18-21(29)8-9-23-25-11-10-24(20-6-5-17-33-19-20)30(25,2)15-13-26(23)29/h5-6,8,10,17,19,22-23,25-27H,3-4,7,9,11-16,18,31-32H2,1-2H3/t22-,23-,25-,26-,27?,29-,30+/m0/s1. The first-order chi connectivity index (χ1) is 16.9. The molecule has 5 rings (SSSR count). The maximum absolute atomic E-state index is 12.6. The van der Waals surface area contributed by atoms with E-state index < -0.39 is 6.04 Å². The molecular weight excluding hydrogens is 434 g/mol. The van der Waals surface area contributed by atoms with Gasteiger partial charge in [-0.05, 0) is 104 Å². The highest BCUT2D eigenvalue weighted by Gasteiger charge is 2.57. The lowest BCUT2D eigenvalue weighted by Crippen LogP contribution is -2.50. The monoisotopic (exact) mass is 477 g/mol. The van der Waals surface area contributed by atoms with Gasteiger partial charge in [0.25, 0.3) is 0 Å². The van der Waals surface area contributed by atoms with E-state index in [1.54, 1.807) is 0 Å². The average molecular weight is 478 g/mol. The Kier molecular flexibility index (Phi) is 6.93. The van der Waals surface area contributed by atoms with E-state index in [-0.39, 0.29) is 22.9 Å². The SMILES string of the molecule is C[C@]12CC[C@H](OC(=O)C(N)CCCCN)CC1=CC[C@@H]1[C@@H]2CC[C@]2(C)C(c3cccnc3)=CC[C@@H]12. The van der Waals surface area contributed by atoms with E-state index >= 15 is 0 Å². The van der Waals surface area contributed by atoms with Crippen LogP contribution in [0.15, 0.2) is 42.3 Å². The summed E-state index contributed by atoms with van der Waals surface area (Å²) in [6.07, 6.45) is 19.1. The lowest BCUT2D eigenvalue weighted by atomic mass is 9.47. The quantitative estimate of drug-likeness (QED) is 0.311. The number of carbonyl (C=O) groups excluding carboxylic acids is 1. The van der Waals surface area contributed by atoms with E-state index in [2.05, 4.69) is 43.1 Å². The van der Waals surface area contributed by atoms with Crippen molar-refractivity contribution in [3.05, 3.63) is 47.8 Å². The zero-order valence-electron chi connectivity index (χ0n) is 21.5. The molecule has 190 valence electrons. The first-order valence-electron chi connectivity index (χ1n) is 13.8. The van der Waals surface area contributed by atoms with Crippen molar-refractivity contribution < 1.29 is 9.53 Å². The van der Waals surface area contributed by atoms with Crippen molar-refractivity contribution in [3.8, 4) is 0 Å². The molecule has 0 radical (unpaired) electrons. The van der Waals surface area contributed by atoms with Crippen LogP contribution >= 0.6 is 0 Å². The molecular formula is C30H43N3O2. The molecule has 0 saturated heterocycles. The molecule has 35 heavy (non-hydrogen) atoms. The normalized spacial score (nSPS) is 36.8. The number of hydrogen-bond acceptors (Lipinski definition) is 5. The second-order valence-corrected chi connectivity index (χ2v) is 12.0. The van der Waals surface area contributed by atoms with Crippen molar-refractivity contribution in [2.24, 2.45) is 40.1 Å². The van der Waals surface area contributed by atoms with Crippen molar-refractivity contribution in [2.75, 3.05) is 6.54 Å². The highest BCUT2D eigenvalue weighted by Crippen LogP contribution is 2.66. The third kappa shape index (κ3) is 4.40. The summed E-state index contributed by atoms with van der Waals surface area (Å²) < 4.78 is 5.91. The Morgan fingerprint density at radius 1 is 1.14 bits per heavy atom. The van der Waals surface area contributed by atoms with Crippen molar-refractivity contribution >= 4 is 11.5 Å². The summed E-state index contributed by atoms with van der Waals surface area (Å²) in [6, 6.07) is 3.76. The summed E-state index contributed by atoms with van der Waals surface area (Å²) in [5.74, 6) is 1.91. The molecule has 0 bridgehead atoms. The Morgan fingerprint density at radius 3 is 2.74 bits per heavy atom. The van der Waals surface area contributed by atoms with E-state index in [0.29, 0.717) is 18.9 Å². The molecule has 1 unspecified atom stereocenters. The Morgan fingerprint density at radius 2 is 1.97 bits per heavy atom. The molecule has 7 atom stereocenters. The molecule has 1 aromatic rings. The maximum atomic E-state index is 12.6. The van der Waals surface area contributed by atoms with Crippen molar-refractivity contribution in [1.29, 1.82) is 0 Å². The van der Waals surface area contributed by atoms with Crippen LogP contribution in [0.2, 0.25) is 0 Å². The lowest BCUT2D eigenvalue weighted by molar-refractivity contribution is -0.153. The highest BCUT2D eigenvalue weighted by molar-refractivity contribution is 5.75. The number of fused-ring (bicyclic) bond motifs is 5. The predicted molar refractivity (Wildman–Crippen MR) is 140 cm³/mol. The maximum Gasteiger partial charge on any atom is 0.323 e. The van der Waals surface area contributed by atoms with Gasteiger partial charge in [-0.15, -0.1) is 0 Å². The summed E-state index contributed by atoms with van der Waals surface area (Å²) in [6.45, 7) is 5.65. The van der Waals surface area contributed by atoms with Crippen LogP contribution in [0.1, 0.15) is 83.6 Å². The number of nitrogens with two attached hydrogens (primary N) is 2. The molecule has 2 fully saturated rings. The minimum absolute atomic E-state index is 0.0295. The molecule has 0 aromatic carbocycles. The molecule has 5 heteroatoms. The molecule has 1 aromatic heterocycles. The Labute approximate surface area is 210 Å². The van der Waals surface area contributed by atoms with Crippen molar-refractivity contribution in [1.82, 2.24) is 4.98 Å². The first kappa shape index (κ1) is 24.7. The number of rotatable bonds is 7. The van der Waals surface area contributed by atoms with Gasteiger partial charge in [0.1, 0.15) is 12.1 Å². The second-order valence-electron chi connectivity index (χ2n) is 12.0. The van der Waals surface area contributed by atoms with Crippen LogP contribution in [-0.2, 0) is 9.53 Å². The average Bonchev–Trinajstić information content (AvgIpc) is 3.22. The van der Waals surface area contributed by atoms with Crippen LogP contribution in [0, 0.1) is 28.6 Å². The fourth-order valence-electron chi connectivity index (χ4n) is 8.14. The molecule has 0 amide bonds. The Hall–Kier alpha value is -1.98. The van der Waals surface area contributed by atoms with E-state index in [0.717, 1.165) is 50.4 Å². The molecule has 0 spiro atoms. The summed E-state index contributed by atoms with van der Waals surface area (Å²) in [5, 5.41) is 0. The van der Waals surface area contributed by atoms with Crippen LogP contribution in [0.5, 0.6) is 0 Å². The van der Waals surface area contributed by atoms with Crippen LogP contribution in [-0.4, -0.2) is 29.6 Å². The van der Waals surface area contributed by atoms with Gasteiger partial charge >= 0.3 is 5.97 Å². The molecule has 4 N–H and O–H groups in total. The fourth-order valence-corrected chi connectivity index (χ4v) is 8.14. The minimum Gasteiger partial charge on any atom is -0.461 e. The smallest absolute Gasteiger partial charge is 0.323 e. The largest absolute Gasteiger partial charge is 0.461 e. The van der Waals surface area contributed by atoms with E-state index in [1.165, 1.54) is 36.0 Å². The van der Waals surface area contributed by atoms with Gasteiger partial charge in [0, 0.05) is 18.8 Å². The number of allylic oxidation sites excluding steroid dienone is 3. The highest BCUT2D eigenvalue weighted by atomic mass is 16.5. The molecule has 4 aliphatic carbocycles. The zero-order chi connectivity index (χ0) is 24.6. The van der Waals surface area contributed by atoms with Gasteiger partial charge in [0.05, 0.1) is 0 Å². The second kappa shape index (κ2) is 9.82. The van der Waals surface area contributed by atoms with E-state index in [4.69, 9.17) is 16.2 Å². The summed E-state index contributed by atoms with van der Waals surface area (Å²) in [4.78, 5) is 17.0. The predicted octanol–water partition coefficient (Wildman–Crippen LogP) is 5.41. The van der Waals surface area contributed by atoms with Gasteiger partial charge in [0.2, 0.25) is 0 Å².